The van der Waals surface area contributed by atoms with E-state index < -0.39 is 56.4 Å². The van der Waals surface area contributed by atoms with E-state index in [0.717, 1.165) is 0 Å². The number of hydrogen-bond donors (Lipinski definition) is 10. The zero-order valence-corrected chi connectivity index (χ0v) is 12.0. The maximum Gasteiger partial charge on any atom is 0.111 e. The summed E-state index contributed by atoms with van der Waals surface area (Å²) in [7, 11) is 1.57. The van der Waals surface area contributed by atoms with Crippen LogP contribution in [0.25, 0.3) is 0 Å². The Labute approximate surface area is 123 Å². The molecule has 0 aromatic rings. The first kappa shape index (κ1) is 22.9. The highest BCUT2D eigenvalue weighted by Crippen LogP contribution is 2.04. The van der Waals surface area contributed by atoms with Gasteiger partial charge in [-0.25, -0.2) is 0 Å². The first-order valence-corrected chi connectivity index (χ1v) is 6.32. The van der Waals surface area contributed by atoms with E-state index in [1.165, 1.54) is 0 Å². The van der Waals surface area contributed by atoms with Gasteiger partial charge in [0.2, 0.25) is 0 Å². The number of hydrogen-bond acceptors (Lipinski definition) is 10. The Morgan fingerprint density at radius 3 is 1.48 bits per heavy atom. The molecule has 0 fully saturated rings. The molecular weight excluding hydrogens is 288 g/mol. The van der Waals surface area contributed by atoms with Crippen molar-refractivity contribution in [3.05, 3.63) is 0 Å². The molecule has 10 nitrogen and oxygen atoms in total. The molecule has 10 heteroatoms. The van der Waals surface area contributed by atoms with Crippen LogP contribution < -0.4 is 11.1 Å². The lowest BCUT2D eigenvalue weighted by atomic mass is 10.0. The zero-order valence-electron chi connectivity index (χ0n) is 12.0. The standard InChI is InChI=1S/C7H17NO5.C4H11NO3/c1-8-2-4(10)6(12)7(13)5(11)3-9;5-4(1-6,2-7)3-8/h4-13H,2-3H2,1H3;6-8H,1-3,5H2/t4-,5+,6+,7+;/m0./s1. The minimum absolute atomic E-state index is 0.0936. The third-order valence-corrected chi connectivity index (χ3v) is 2.68. The second-order valence-electron chi connectivity index (χ2n) is 4.69. The summed E-state index contributed by atoms with van der Waals surface area (Å²) < 4.78 is 0. The lowest BCUT2D eigenvalue weighted by Crippen LogP contribution is -2.50. The predicted octanol–water partition coefficient (Wildman–Crippen LogP) is -5.70. The number of aliphatic hydroxyl groups is 8. The number of nitrogens with one attached hydrogen (secondary N) is 1. The fourth-order valence-corrected chi connectivity index (χ4v) is 1.04. The Kier molecular flexibility index (Phi) is 13.3. The van der Waals surface area contributed by atoms with Crippen LogP contribution in [-0.4, -0.2) is 111 Å². The van der Waals surface area contributed by atoms with Gasteiger partial charge in [-0.1, -0.05) is 0 Å². The zero-order chi connectivity index (χ0) is 17.1. The molecule has 21 heavy (non-hydrogen) atoms. The van der Waals surface area contributed by atoms with Crippen molar-refractivity contribution in [2.24, 2.45) is 5.73 Å². The Morgan fingerprint density at radius 2 is 1.24 bits per heavy atom. The van der Waals surface area contributed by atoms with E-state index in [9.17, 15) is 5.11 Å². The predicted molar refractivity (Wildman–Crippen MR) is 73.2 cm³/mol. The van der Waals surface area contributed by atoms with Gasteiger partial charge >= 0.3 is 0 Å². The van der Waals surface area contributed by atoms with Gasteiger partial charge in [-0.05, 0) is 7.05 Å². The lowest BCUT2D eigenvalue weighted by molar-refractivity contribution is -0.113. The number of likely N-dealkylation sites (N-methyl/N-ethyl adjacent to an activating group) is 1. The van der Waals surface area contributed by atoms with Crippen LogP contribution in [0, 0.1) is 0 Å². The van der Waals surface area contributed by atoms with Crippen LogP contribution in [0.5, 0.6) is 0 Å². The summed E-state index contributed by atoms with van der Waals surface area (Å²) in [5, 5.41) is 72.5. The molecule has 0 bridgehead atoms. The smallest absolute Gasteiger partial charge is 0.111 e. The molecule has 0 spiro atoms. The normalized spacial score (nSPS) is 17.4. The van der Waals surface area contributed by atoms with Crippen molar-refractivity contribution < 1.29 is 40.9 Å². The molecule has 0 saturated carbocycles. The van der Waals surface area contributed by atoms with E-state index in [2.05, 4.69) is 5.32 Å². The quantitative estimate of drug-likeness (QED) is 0.195. The van der Waals surface area contributed by atoms with Crippen molar-refractivity contribution in [1.82, 2.24) is 5.32 Å². The molecule has 0 aromatic heterocycles. The molecule has 0 heterocycles. The Balaban J connectivity index is 0. The van der Waals surface area contributed by atoms with Crippen molar-refractivity contribution >= 4 is 0 Å². The molecule has 0 aliphatic heterocycles. The van der Waals surface area contributed by atoms with Gasteiger partial charge in [0.25, 0.3) is 0 Å². The third kappa shape index (κ3) is 9.26. The fourth-order valence-electron chi connectivity index (χ4n) is 1.04. The summed E-state index contributed by atoms with van der Waals surface area (Å²) in [4.78, 5) is 0. The van der Waals surface area contributed by atoms with Gasteiger partial charge in [-0.2, -0.15) is 0 Å². The van der Waals surface area contributed by atoms with E-state index in [1.54, 1.807) is 7.05 Å². The van der Waals surface area contributed by atoms with Crippen molar-refractivity contribution in [3.8, 4) is 0 Å². The van der Waals surface area contributed by atoms with Gasteiger partial charge in [-0.3, -0.25) is 0 Å². The molecule has 0 radical (unpaired) electrons. The molecule has 130 valence electrons. The fraction of sp³-hybridized carbons (Fsp3) is 1.00. The largest absolute Gasteiger partial charge is 0.394 e. The molecule has 11 N–H and O–H groups in total. The molecule has 0 unspecified atom stereocenters. The second-order valence-corrected chi connectivity index (χ2v) is 4.69. The summed E-state index contributed by atoms with van der Waals surface area (Å²) in [6.07, 6.45) is -5.65. The van der Waals surface area contributed by atoms with E-state index >= 15 is 0 Å². The van der Waals surface area contributed by atoms with Crippen LogP contribution in [0.15, 0.2) is 0 Å². The van der Waals surface area contributed by atoms with Gasteiger partial charge < -0.3 is 51.9 Å². The molecular formula is C11H28N2O8. The van der Waals surface area contributed by atoms with Crippen LogP contribution in [-0.2, 0) is 0 Å². The Hall–Kier alpha value is -0.400. The van der Waals surface area contributed by atoms with Gasteiger partial charge in [0, 0.05) is 6.54 Å². The summed E-state index contributed by atoms with van der Waals surface area (Å²) >= 11 is 0. The molecule has 0 aliphatic rings. The van der Waals surface area contributed by atoms with E-state index in [1.807, 2.05) is 0 Å². The van der Waals surface area contributed by atoms with E-state index in [4.69, 9.17) is 41.5 Å². The van der Waals surface area contributed by atoms with Crippen molar-refractivity contribution in [2.75, 3.05) is 40.0 Å². The minimum Gasteiger partial charge on any atom is -0.394 e. The van der Waals surface area contributed by atoms with Crippen LogP contribution in [0.2, 0.25) is 0 Å². The molecule has 0 rings (SSSR count). The molecule has 0 saturated heterocycles. The Morgan fingerprint density at radius 1 is 0.857 bits per heavy atom. The summed E-state index contributed by atoms with van der Waals surface area (Å²) in [5.41, 5.74) is 3.94. The average molecular weight is 316 g/mol. The maximum absolute atomic E-state index is 9.21. The highest BCUT2D eigenvalue weighted by molar-refractivity contribution is 4.81. The minimum atomic E-state index is -1.55. The van der Waals surface area contributed by atoms with Crippen molar-refractivity contribution in [1.29, 1.82) is 0 Å². The molecule has 0 amide bonds. The average Bonchev–Trinajstić information content (AvgIpc) is 2.52. The van der Waals surface area contributed by atoms with Crippen molar-refractivity contribution in [3.63, 3.8) is 0 Å². The molecule has 0 aromatic carbocycles. The SMILES string of the molecule is CNC[C@H](O)[C@@H](O)[C@H](O)[C@H](O)CO.NC(CO)(CO)CO. The first-order chi connectivity index (χ1) is 9.72. The summed E-state index contributed by atoms with van der Waals surface area (Å²) in [5.74, 6) is 0. The highest BCUT2D eigenvalue weighted by atomic mass is 16.4. The number of rotatable bonds is 9. The monoisotopic (exact) mass is 316 g/mol. The summed E-state index contributed by atoms with van der Waals surface area (Å²) in [6, 6.07) is 0. The number of nitrogens with two attached hydrogens (primary N) is 1. The summed E-state index contributed by atoms with van der Waals surface area (Å²) in [6.45, 7) is -1.78. The van der Waals surface area contributed by atoms with Crippen LogP contribution >= 0.6 is 0 Å². The topological polar surface area (TPSA) is 200 Å². The van der Waals surface area contributed by atoms with Gasteiger partial charge in [0.1, 0.15) is 18.3 Å². The Bertz CT molecular complexity index is 234. The highest BCUT2D eigenvalue weighted by Gasteiger charge is 2.29. The molecule has 4 atom stereocenters. The van der Waals surface area contributed by atoms with Crippen LogP contribution in [0.3, 0.4) is 0 Å². The van der Waals surface area contributed by atoms with Gasteiger partial charge in [0.15, 0.2) is 0 Å². The van der Waals surface area contributed by atoms with Crippen LogP contribution in [0.4, 0.5) is 0 Å². The van der Waals surface area contributed by atoms with Crippen LogP contribution in [0.1, 0.15) is 0 Å². The maximum atomic E-state index is 9.21. The van der Waals surface area contributed by atoms with E-state index in [-0.39, 0.29) is 6.54 Å². The third-order valence-electron chi connectivity index (χ3n) is 2.68. The molecule has 0 aliphatic carbocycles. The first-order valence-electron chi connectivity index (χ1n) is 6.32. The van der Waals surface area contributed by atoms with E-state index in [0.29, 0.717) is 0 Å². The van der Waals surface area contributed by atoms with Gasteiger partial charge in [-0.15, -0.1) is 0 Å². The second kappa shape index (κ2) is 12.2. The number of aliphatic hydroxyl groups excluding tert-OH is 8. The lowest BCUT2D eigenvalue weighted by Gasteiger charge is -2.25. The van der Waals surface area contributed by atoms with Gasteiger partial charge in [0.05, 0.1) is 38.1 Å². The van der Waals surface area contributed by atoms with Crippen molar-refractivity contribution in [2.45, 2.75) is 30.0 Å².